The summed E-state index contributed by atoms with van der Waals surface area (Å²) in [5.74, 6) is 0.848. The molecular formula is C24H18N2O. The molecule has 0 atom stereocenters. The van der Waals surface area contributed by atoms with E-state index in [1.54, 1.807) is 7.11 Å². The van der Waals surface area contributed by atoms with Crippen molar-refractivity contribution in [1.82, 2.24) is 9.61 Å². The van der Waals surface area contributed by atoms with Gasteiger partial charge in [-0.25, -0.2) is 4.52 Å². The van der Waals surface area contributed by atoms with Gasteiger partial charge in [-0.1, -0.05) is 66.7 Å². The third-order valence-electron chi connectivity index (χ3n) is 4.98. The van der Waals surface area contributed by atoms with E-state index in [9.17, 15) is 0 Å². The fourth-order valence-electron chi connectivity index (χ4n) is 3.85. The normalized spacial score (nSPS) is 11.1. The highest BCUT2D eigenvalue weighted by Crippen LogP contribution is 2.44. The van der Waals surface area contributed by atoms with Crippen LogP contribution >= 0.6 is 0 Å². The van der Waals surface area contributed by atoms with Crippen LogP contribution < -0.4 is 4.74 Å². The van der Waals surface area contributed by atoms with Crippen LogP contribution in [0, 0.1) is 0 Å². The lowest BCUT2D eigenvalue weighted by Gasteiger charge is -2.18. The van der Waals surface area contributed by atoms with Crippen LogP contribution in [-0.2, 0) is 0 Å². The number of hydrogen-bond acceptors (Lipinski definition) is 2. The number of nitrogens with zero attached hydrogens (tertiary/aromatic N) is 2. The second-order valence-corrected chi connectivity index (χ2v) is 6.46. The maximum atomic E-state index is 5.76. The highest BCUT2D eigenvalue weighted by Gasteiger charge is 2.20. The van der Waals surface area contributed by atoms with Crippen LogP contribution in [0.1, 0.15) is 0 Å². The van der Waals surface area contributed by atoms with Gasteiger partial charge in [0.2, 0.25) is 0 Å². The van der Waals surface area contributed by atoms with Gasteiger partial charge in [0.15, 0.2) is 0 Å². The number of rotatable bonds is 3. The van der Waals surface area contributed by atoms with E-state index in [1.807, 2.05) is 35.0 Å². The fourth-order valence-corrected chi connectivity index (χ4v) is 3.85. The summed E-state index contributed by atoms with van der Waals surface area (Å²) in [7, 11) is 1.72. The van der Waals surface area contributed by atoms with Gasteiger partial charge in [-0.2, -0.15) is 5.10 Å². The molecular weight excluding hydrogens is 332 g/mol. The number of fused-ring (bicyclic) bond motifs is 3. The van der Waals surface area contributed by atoms with E-state index in [4.69, 9.17) is 4.74 Å². The van der Waals surface area contributed by atoms with Crippen LogP contribution in [0.5, 0.6) is 5.75 Å². The summed E-state index contributed by atoms with van der Waals surface area (Å²) >= 11 is 0. The molecule has 3 nitrogen and oxygen atoms in total. The summed E-state index contributed by atoms with van der Waals surface area (Å²) in [6.45, 7) is 0. The first-order valence-corrected chi connectivity index (χ1v) is 8.96. The number of pyridine rings is 1. The largest absolute Gasteiger partial charge is 0.496 e. The van der Waals surface area contributed by atoms with E-state index in [-0.39, 0.29) is 0 Å². The summed E-state index contributed by atoms with van der Waals surface area (Å²) in [6, 6.07) is 29.2. The number of ether oxygens (including phenoxy) is 1. The van der Waals surface area contributed by atoms with Crippen molar-refractivity contribution in [1.29, 1.82) is 0 Å². The minimum absolute atomic E-state index is 0.848. The Morgan fingerprint density at radius 1 is 0.667 bits per heavy atom. The molecule has 5 rings (SSSR count). The number of aromatic nitrogens is 2. The van der Waals surface area contributed by atoms with Crippen LogP contribution in [0.25, 0.3) is 38.7 Å². The van der Waals surface area contributed by atoms with Crippen LogP contribution in [0.4, 0.5) is 0 Å². The Morgan fingerprint density at radius 2 is 1.33 bits per heavy atom. The number of methoxy groups -OCH3 is 1. The van der Waals surface area contributed by atoms with Crippen molar-refractivity contribution in [3.05, 3.63) is 91.1 Å². The Balaban J connectivity index is 2.07. The number of hydrogen-bond donors (Lipinski definition) is 0. The van der Waals surface area contributed by atoms with E-state index in [0.717, 1.165) is 38.9 Å². The summed E-state index contributed by atoms with van der Waals surface area (Å²) in [5, 5.41) is 5.67. The van der Waals surface area contributed by atoms with Crippen molar-refractivity contribution >= 4 is 16.4 Å². The van der Waals surface area contributed by atoms with Gasteiger partial charge in [0.1, 0.15) is 5.75 Å². The zero-order chi connectivity index (χ0) is 18.2. The third kappa shape index (κ3) is 2.40. The minimum Gasteiger partial charge on any atom is -0.496 e. The molecule has 0 aliphatic carbocycles. The van der Waals surface area contributed by atoms with Crippen LogP contribution in [0.3, 0.4) is 0 Å². The highest BCUT2D eigenvalue weighted by atomic mass is 16.5. The van der Waals surface area contributed by atoms with Gasteiger partial charge in [0.25, 0.3) is 0 Å². The molecule has 27 heavy (non-hydrogen) atoms. The van der Waals surface area contributed by atoms with Crippen LogP contribution in [-0.4, -0.2) is 16.7 Å². The van der Waals surface area contributed by atoms with Gasteiger partial charge in [-0.05, 0) is 29.3 Å². The Labute approximate surface area is 157 Å². The predicted molar refractivity (Wildman–Crippen MR) is 110 cm³/mol. The van der Waals surface area contributed by atoms with E-state index >= 15 is 0 Å². The molecule has 2 heterocycles. The van der Waals surface area contributed by atoms with Gasteiger partial charge < -0.3 is 4.74 Å². The molecule has 3 heteroatoms. The molecule has 0 saturated carbocycles. The molecule has 5 aromatic rings. The first-order chi connectivity index (χ1) is 13.4. The SMILES string of the molecule is COc1cccc2c1c(-c1ccccc1)c(-c1ccccc1)c1ccnn12. The van der Waals surface area contributed by atoms with Gasteiger partial charge in [0.05, 0.1) is 29.7 Å². The van der Waals surface area contributed by atoms with Gasteiger partial charge in [-0.3, -0.25) is 0 Å². The predicted octanol–water partition coefficient (Wildman–Crippen LogP) is 5.83. The molecule has 0 amide bonds. The molecule has 3 aromatic carbocycles. The van der Waals surface area contributed by atoms with Crippen molar-refractivity contribution < 1.29 is 4.74 Å². The Hall–Kier alpha value is -3.59. The van der Waals surface area contributed by atoms with Crippen molar-refractivity contribution in [3.8, 4) is 28.0 Å². The van der Waals surface area contributed by atoms with Gasteiger partial charge >= 0.3 is 0 Å². The van der Waals surface area contributed by atoms with E-state index in [1.165, 1.54) is 5.56 Å². The second-order valence-electron chi connectivity index (χ2n) is 6.46. The average Bonchev–Trinajstić information content (AvgIpc) is 3.23. The molecule has 0 unspecified atom stereocenters. The van der Waals surface area contributed by atoms with E-state index < -0.39 is 0 Å². The monoisotopic (exact) mass is 350 g/mol. The molecule has 130 valence electrons. The highest BCUT2D eigenvalue weighted by molar-refractivity contribution is 6.10. The summed E-state index contributed by atoms with van der Waals surface area (Å²) in [5.41, 5.74) is 6.77. The maximum Gasteiger partial charge on any atom is 0.128 e. The molecule has 0 fully saturated rings. The minimum atomic E-state index is 0.848. The Bertz CT molecular complexity index is 1240. The third-order valence-corrected chi connectivity index (χ3v) is 4.98. The zero-order valence-corrected chi connectivity index (χ0v) is 15.0. The lowest BCUT2D eigenvalue weighted by Crippen LogP contribution is -1.99. The van der Waals surface area contributed by atoms with Crippen molar-refractivity contribution in [2.75, 3.05) is 7.11 Å². The maximum absolute atomic E-state index is 5.76. The number of benzene rings is 3. The molecule has 0 bridgehead atoms. The Morgan fingerprint density at radius 3 is 2.00 bits per heavy atom. The second kappa shape index (κ2) is 6.29. The topological polar surface area (TPSA) is 26.5 Å². The summed E-state index contributed by atoms with van der Waals surface area (Å²) in [4.78, 5) is 0. The summed E-state index contributed by atoms with van der Waals surface area (Å²) < 4.78 is 7.77. The molecule has 2 aromatic heterocycles. The first kappa shape index (κ1) is 15.6. The lowest BCUT2D eigenvalue weighted by atomic mass is 9.90. The van der Waals surface area contributed by atoms with Crippen molar-refractivity contribution in [2.24, 2.45) is 0 Å². The molecule has 0 radical (unpaired) electrons. The molecule has 0 aliphatic heterocycles. The van der Waals surface area contributed by atoms with Crippen LogP contribution in [0.2, 0.25) is 0 Å². The zero-order valence-electron chi connectivity index (χ0n) is 15.0. The van der Waals surface area contributed by atoms with Crippen LogP contribution in [0.15, 0.2) is 91.1 Å². The van der Waals surface area contributed by atoms with Gasteiger partial charge in [-0.15, -0.1) is 0 Å². The van der Waals surface area contributed by atoms with Crippen molar-refractivity contribution in [2.45, 2.75) is 0 Å². The fraction of sp³-hybridized carbons (Fsp3) is 0.0417. The average molecular weight is 350 g/mol. The standard InChI is InChI=1S/C24H18N2O/c1-27-21-14-8-13-19-24(21)23(18-11-6-3-7-12-18)22(17-9-4-2-5-10-17)20-15-16-25-26(19)20/h2-16H,1H3. The Kier molecular flexibility index (Phi) is 3.65. The van der Waals surface area contributed by atoms with Gasteiger partial charge in [0, 0.05) is 11.1 Å². The smallest absolute Gasteiger partial charge is 0.128 e. The van der Waals surface area contributed by atoms with E-state index in [2.05, 4.69) is 65.8 Å². The molecule has 0 aliphatic rings. The molecule has 0 saturated heterocycles. The lowest BCUT2D eigenvalue weighted by molar-refractivity contribution is 0.420. The quantitative estimate of drug-likeness (QED) is 0.409. The van der Waals surface area contributed by atoms with E-state index in [0.29, 0.717) is 0 Å². The summed E-state index contributed by atoms with van der Waals surface area (Å²) in [6.07, 6.45) is 1.86. The molecule has 0 N–H and O–H groups in total. The van der Waals surface area contributed by atoms with Crippen molar-refractivity contribution in [3.63, 3.8) is 0 Å². The molecule has 0 spiro atoms. The first-order valence-electron chi connectivity index (χ1n) is 8.96.